The van der Waals surface area contributed by atoms with Crippen LogP contribution in [0.5, 0.6) is 34.9 Å². The van der Waals surface area contributed by atoms with Gasteiger partial charge in [0.1, 0.15) is 83.4 Å². The maximum atomic E-state index is 16.0. The Labute approximate surface area is 849 Å². The van der Waals surface area contributed by atoms with E-state index >= 15 is 8.78 Å². The zero-order valence-corrected chi connectivity index (χ0v) is 85.6. The van der Waals surface area contributed by atoms with E-state index in [0.717, 1.165) is 38.2 Å². The Kier molecular flexibility index (Phi) is 33.5. The standard InChI is InChI=1S/C34H43F2N4O6.C33H39F4N4O6.C33H41F2N4O6.3V/c1-6-19-25(17-41)40-16-27(19)45-30-23(37-22-13-12-18(44-5)14-24(22)38-30)11-9-7-8-10-20-26(15-21-28(20)34(21,35)36)46-32(43)39-29(31(40)42)33(2,3)4;1-16-23(15-42)41-14-25(16)46-28-26(38-21-9-8-18(45-30(34)35)13-22(21)39-28)33(36,37)10-6-5-7-19-20-11-17(20)12-24(19)47-31(44)40-27(29(41)43)32(2,3)4;1-17-24(16-40)39-15-26(17)44-29-22(36-21-12-11-18(43-5)13-23(21)37-29)10-8-6-7-9-19-25(14-20-27(19)33(20,34)35)45-31(42)38-28(30(39)41)32(2,3)4;;;/h12-14,19-21,25-29H,6-11,15-16H2,1-5H3,(H,39,43);8-9,13,16-17,19-20,23-25,27,30H,5-7,10-12,14H2,1-4H3,(H,40,44);11-13,17,19-20,24-28H,6-10,14-15H2,1-5H3,(H,38,42);;;/q3*-1;;;/t19-,20-,21?,25+,26+,27-,28?,29+;16-,17?,19+,20?,23+,24+,25-,27+;17-,19-,20?,24+,25+,26-,27?,28+;;;/m000.../s1. The summed E-state index contributed by atoms with van der Waals surface area (Å²) in [4.78, 5) is 151. The van der Waals surface area contributed by atoms with E-state index in [1.807, 2.05) is 71.5 Å². The van der Waals surface area contributed by atoms with Gasteiger partial charge in [-0.1, -0.05) is 140 Å². The Morgan fingerprint density at radius 1 is 0.440 bits per heavy atom. The van der Waals surface area contributed by atoms with E-state index in [1.54, 1.807) is 74.8 Å². The summed E-state index contributed by atoms with van der Waals surface area (Å²) < 4.78 is 168. The third-order valence-electron chi connectivity index (χ3n) is 30.6. The summed E-state index contributed by atoms with van der Waals surface area (Å²) in [5.74, 6) is -14.1. The predicted molar refractivity (Wildman–Crippen MR) is 484 cm³/mol. The van der Waals surface area contributed by atoms with Gasteiger partial charge in [0.05, 0.1) is 67.0 Å². The number of alkyl halides is 8. The Bertz CT molecular complexity index is 5590. The molecule has 3 radical (unpaired) electrons. The summed E-state index contributed by atoms with van der Waals surface area (Å²) in [6.45, 7) is 18.4. The molecule has 6 bridgehead atoms. The number of aryl methyl sites for hydroxylation is 2. The van der Waals surface area contributed by atoms with Crippen molar-refractivity contribution in [3.8, 4) is 34.9 Å². The fraction of sp³-hybridized carbons (Fsp3) is 0.670. The molecule has 30 nitrogen and oxygen atoms in total. The number of hydrogen-bond donors (Lipinski definition) is 3. The molecule has 6 aromatic rings. The number of amides is 6. The molecule has 3 saturated heterocycles. The number of aromatic nitrogens is 6. The minimum Gasteiger partial charge on any atom is -0.540 e. The Hall–Kier alpha value is -9.10. The first kappa shape index (κ1) is 109. The van der Waals surface area contributed by atoms with Gasteiger partial charge in [0.25, 0.3) is 17.8 Å². The van der Waals surface area contributed by atoms with Crippen LogP contribution in [0.3, 0.4) is 0 Å². The average molecular weight is 2090 g/mol. The zero-order chi connectivity index (χ0) is 99.1. The third-order valence-corrected chi connectivity index (χ3v) is 30.6. The van der Waals surface area contributed by atoms with Crippen LogP contribution in [0.15, 0.2) is 54.6 Å². The van der Waals surface area contributed by atoms with Gasteiger partial charge in [0.2, 0.25) is 35.4 Å². The van der Waals surface area contributed by atoms with Crippen LogP contribution in [0.2, 0.25) is 0 Å². The van der Waals surface area contributed by atoms with Gasteiger partial charge in [-0.15, -0.1) is 0 Å². The van der Waals surface area contributed by atoms with Gasteiger partial charge in [0, 0.05) is 116 Å². The van der Waals surface area contributed by atoms with E-state index in [9.17, 15) is 69.5 Å². The normalized spacial score (nSPS) is 32.3. The number of halogens is 8. The fourth-order valence-corrected chi connectivity index (χ4v) is 22.8. The van der Waals surface area contributed by atoms with Crippen LogP contribution >= 0.6 is 0 Å². The molecule has 6 aliphatic heterocycles. The van der Waals surface area contributed by atoms with Crippen molar-refractivity contribution in [3.63, 3.8) is 0 Å². The molecule has 9 fully saturated rings. The molecule has 3 aromatic carbocycles. The summed E-state index contributed by atoms with van der Waals surface area (Å²) >= 11 is 0. The first-order chi connectivity index (χ1) is 65.3. The number of carbonyl (C=O) groups excluding carboxylic acids is 9. The monoisotopic (exact) mass is 2080 g/mol. The van der Waals surface area contributed by atoms with Crippen LogP contribution < -0.4 is 44.4 Å². The number of fused-ring (bicyclic) bond motifs is 21. The van der Waals surface area contributed by atoms with Crippen molar-refractivity contribution in [3.05, 3.63) is 71.7 Å². The van der Waals surface area contributed by atoms with Crippen LogP contribution in [0, 0.1) is 87.3 Å². The van der Waals surface area contributed by atoms with Gasteiger partial charge in [-0.05, 0) is 165 Å². The molecule has 141 heavy (non-hydrogen) atoms. The molecule has 24 atom stereocenters. The van der Waals surface area contributed by atoms with Crippen molar-refractivity contribution >= 4 is 88.0 Å². The third kappa shape index (κ3) is 22.9. The zero-order valence-electron chi connectivity index (χ0n) is 81.4. The molecule has 12 aliphatic rings. The number of benzene rings is 3. The number of rotatable bonds is 8. The number of alkyl carbamates (subject to hydrolysis) is 3. The Morgan fingerprint density at radius 2 is 0.816 bits per heavy atom. The molecule has 765 valence electrons. The van der Waals surface area contributed by atoms with Crippen molar-refractivity contribution in [2.45, 2.75) is 302 Å². The van der Waals surface area contributed by atoms with Gasteiger partial charge in [-0.2, -0.15) is 17.6 Å². The number of ether oxygens (including phenoxy) is 9. The molecule has 3 N–H and O–H groups in total. The Morgan fingerprint density at radius 3 is 1.23 bits per heavy atom. The number of carbonyl (C=O) groups is 6. The van der Waals surface area contributed by atoms with Crippen LogP contribution in [0.1, 0.15) is 209 Å². The van der Waals surface area contributed by atoms with E-state index in [0.29, 0.717) is 133 Å². The summed E-state index contributed by atoms with van der Waals surface area (Å²) in [6, 6.07) is 8.32. The number of nitrogens with one attached hydrogen (secondary N) is 3. The minimum absolute atomic E-state index is 0. The van der Waals surface area contributed by atoms with Gasteiger partial charge < -0.3 is 87.7 Å². The molecule has 3 aromatic heterocycles. The second kappa shape index (κ2) is 43.3. The Balaban J connectivity index is 0.000000176. The second-order valence-corrected chi connectivity index (χ2v) is 42.8. The fourth-order valence-electron chi connectivity index (χ4n) is 22.8. The van der Waals surface area contributed by atoms with Gasteiger partial charge in [0.15, 0.2) is 5.69 Å². The SMILES string of the molecule is CC[C@@H]1[C@@H]2CN(C(=O)[C@H](C(C)(C)C)NC(=O)O[C@@H]3CC4C([C@H]3CCCCCc3nc5ccc(OC)cc5nc3O2)C4(F)F)[C@@H]1[C-]=O.COc1ccc2nc3c(nc2c1)O[C@H]1CN(C(=O)[C@H](C(C)(C)C)NC(=O)O[C@@H]2CC4C([C@H]2CCCCC3)C4(F)F)[C@H]([C-]=O)[C@@H]1C.C[C@@H]1[C@@H]2CN(C(=O)[C@H](C(C)(C)C)NC(=O)O[C@@H]3CC4CC4[C@H]3CCCCC(F)(F)c3nc4ccc(OC(F)F)cc4nc3O2)[C@@H]1[C-]=O.[V].[V].[V]. The maximum Gasteiger partial charge on any atom is 0.408 e. The summed E-state index contributed by atoms with van der Waals surface area (Å²) in [5.41, 5.74) is 0.799. The van der Waals surface area contributed by atoms with Crippen LogP contribution in [-0.2, 0) is 117 Å². The molecular weight excluding hydrogens is 1960 g/mol. The molecular formula is C100H123F8N12O18V3-3. The van der Waals surface area contributed by atoms with Crippen LogP contribution in [-0.4, -0.2) is 225 Å². The van der Waals surface area contributed by atoms with E-state index in [2.05, 4.69) is 36.9 Å². The molecule has 6 aliphatic carbocycles. The molecule has 41 heteroatoms. The van der Waals surface area contributed by atoms with Crippen LogP contribution in [0.4, 0.5) is 49.5 Å². The van der Waals surface area contributed by atoms with Gasteiger partial charge in [-0.25, -0.2) is 80.7 Å². The quantitative estimate of drug-likeness (QED) is 0.0724. The van der Waals surface area contributed by atoms with E-state index in [-0.39, 0.29) is 129 Å². The molecule has 6 amide bonds. The number of methoxy groups -OCH3 is 2. The minimum atomic E-state index is -3.49. The summed E-state index contributed by atoms with van der Waals surface area (Å²) in [5, 5.41) is 8.21. The predicted octanol–water partition coefficient (Wildman–Crippen LogP) is 15.9. The molecule has 18 rings (SSSR count). The number of nitrogens with zero attached hydrogens (tertiary/aromatic N) is 9. The van der Waals surface area contributed by atoms with Crippen molar-refractivity contribution in [1.29, 1.82) is 0 Å². The number of hydrogen-bond acceptors (Lipinski definition) is 24. The smallest absolute Gasteiger partial charge is 0.408 e. The van der Waals surface area contributed by atoms with Gasteiger partial charge in [-0.3, -0.25) is 14.4 Å². The van der Waals surface area contributed by atoms with Crippen molar-refractivity contribution in [2.75, 3.05) is 33.9 Å². The molecule has 0 spiro atoms. The topological polar surface area (TPSA) is 360 Å². The first-order valence-corrected chi connectivity index (χ1v) is 48.4. The van der Waals surface area contributed by atoms with Gasteiger partial charge >= 0.3 is 24.9 Å². The van der Waals surface area contributed by atoms with Crippen molar-refractivity contribution in [1.82, 2.24) is 60.6 Å². The average Bonchev–Trinajstić information content (AvgIpc) is 1.53. The second-order valence-electron chi connectivity index (χ2n) is 42.8. The summed E-state index contributed by atoms with van der Waals surface area (Å²) in [6.07, 6.45) is 9.29. The van der Waals surface area contributed by atoms with Crippen LogP contribution in [0.25, 0.3) is 33.1 Å². The van der Waals surface area contributed by atoms with E-state index in [4.69, 9.17) is 57.8 Å². The van der Waals surface area contributed by atoms with Crippen molar-refractivity contribution < 1.29 is 177 Å². The largest absolute Gasteiger partial charge is 0.540 e. The summed E-state index contributed by atoms with van der Waals surface area (Å²) in [7, 11) is 3.14. The maximum absolute atomic E-state index is 16.0. The van der Waals surface area contributed by atoms with E-state index < -0.39 is 209 Å². The molecule has 6 unspecified atom stereocenters. The van der Waals surface area contributed by atoms with Crippen molar-refractivity contribution in [2.24, 2.45) is 87.3 Å². The first-order valence-electron chi connectivity index (χ1n) is 48.4. The van der Waals surface area contributed by atoms with E-state index in [1.165, 1.54) is 26.8 Å². The molecule has 6 saturated carbocycles. The molecule has 9 heterocycles.